The Balaban J connectivity index is 1.84. The highest BCUT2D eigenvalue weighted by molar-refractivity contribution is 7.98. The minimum Gasteiger partial charge on any atom is -0.326 e. The molecule has 0 atom stereocenters. The summed E-state index contributed by atoms with van der Waals surface area (Å²) in [5.41, 5.74) is 2.72. The fourth-order valence-electron chi connectivity index (χ4n) is 2.59. The summed E-state index contributed by atoms with van der Waals surface area (Å²) < 4.78 is 2.06. The third kappa shape index (κ3) is 4.26. The van der Waals surface area contributed by atoms with Gasteiger partial charge in [0.2, 0.25) is 5.91 Å². The number of hydrogen-bond donors (Lipinski definition) is 1. The molecule has 0 bridgehead atoms. The van der Waals surface area contributed by atoms with Crippen molar-refractivity contribution >= 4 is 35.0 Å². The van der Waals surface area contributed by atoms with Crippen LogP contribution in [0.1, 0.15) is 19.4 Å². The van der Waals surface area contributed by atoms with Crippen LogP contribution in [0, 0.1) is 0 Å². The van der Waals surface area contributed by atoms with Gasteiger partial charge in [-0.15, -0.1) is 10.2 Å². The number of halogens is 1. The summed E-state index contributed by atoms with van der Waals surface area (Å²) in [6.45, 7) is 4.30. The highest BCUT2D eigenvalue weighted by Gasteiger charge is 2.14. The van der Waals surface area contributed by atoms with Crippen molar-refractivity contribution in [3.8, 4) is 11.4 Å². The van der Waals surface area contributed by atoms with E-state index in [0.29, 0.717) is 0 Å². The molecule has 0 radical (unpaired) electrons. The molecule has 1 amide bonds. The van der Waals surface area contributed by atoms with Gasteiger partial charge in [0.1, 0.15) is 0 Å². The fraction of sp³-hybridized carbons (Fsp3) is 0.211. The lowest BCUT2D eigenvalue weighted by Crippen LogP contribution is -2.06. The molecule has 1 heterocycles. The summed E-state index contributed by atoms with van der Waals surface area (Å²) in [6, 6.07) is 15.4. The van der Waals surface area contributed by atoms with Crippen molar-refractivity contribution in [2.75, 3.05) is 5.32 Å². The van der Waals surface area contributed by atoms with E-state index < -0.39 is 0 Å². The van der Waals surface area contributed by atoms with Crippen LogP contribution in [0.4, 0.5) is 5.69 Å². The SMILES string of the molecule is CCn1c(SCc2ccccc2Cl)nnc1-c1cccc(NC(C)=O)c1. The predicted molar refractivity (Wildman–Crippen MR) is 106 cm³/mol. The van der Waals surface area contributed by atoms with Gasteiger partial charge in [-0.25, -0.2) is 0 Å². The molecule has 26 heavy (non-hydrogen) atoms. The molecule has 0 aliphatic rings. The van der Waals surface area contributed by atoms with Gasteiger partial charge in [-0.3, -0.25) is 4.79 Å². The van der Waals surface area contributed by atoms with Crippen molar-refractivity contribution in [3.63, 3.8) is 0 Å². The summed E-state index contributed by atoms with van der Waals surface area (Å²) in [4.78, 5) is 11.3. The Morgan fingerprint density at radius 2 is 2.00 bits per heavy atom. The number of nitrogens with zero attached hydrogens (tertiary/aromatic N) is 3. The summed E-state index contributed by atoms with van der Waals surface area (Å²) in [6.07, 6.45) is 0. The molecular weight excluding hydrogens is 368 g/mol. The molecule has 2 aromatic carbocycles. The first-order valence-electron chi connectivity index (χ1n) is 8.26. The van der Waals surface area contributed by atoms with E-state index in [4.69, 9.17) is 11.6 Å². The van der Waals surface area contributed by atoms with Crippen LogP contribution in [0.2, 0.25) is 5.02 Å². The number of carbonyl (C=O) groups is 1. The number of amides is 1. The summed E-state index contributed by atoms with van der Waals surface area (Å²) in [5.74, 6) is 1.40. The zero-order valence-electron chi connectivity index (χ0n) is 14.6. The van der Waals surface area contributed by atoms with E-state index in [1.165, 1.54) is 6.92 Å². The number of rotatable bonds is 6. The van der Waals surface area contributed by atoms with Gasteiger partial charge in [0.15, 0.2) is 11.0 Å². The fourth-order valence-corrected chi connectivity index (χ4v) is 3.88. The van der Waals surface area contributed by atoms with Crippen LogP contribution in [-0.2, 0) is 17.1 Å². The third-order valence-corrected chi connectivity index (χ3v) is 5.17. The van der Waals surface area contributed by atoms with E-state index >= 15 is 0 Å². The maximum atomic E-state index is 11.3. The minimum atomic E-state index is -0.102. The van der Waals surface area contributed by atoms with Gasteiger partial charge in [-0.1, -0.05) is 53.7 Å². The molecule has 5 nitrogen and oxygen atoms in total. The standard InChI is InChI=1S/C19H19ClN4OS/c1-3-24-18(14-8-6-9-16(11-14)21-13(2)25)22-23-19(24)26-12-15-7-4-5-10-17(15)20/h4-11H,3,12H2,1-2H3,(H,21,25). The Hall–Kier alpha value is -2.31. The van der Waals surface area contributed by atoms with Gasteiger partial charge in [0, 0.05) is 35.5 Å². The number of aromatic nitrogens is 3. The molecule has 1 N–H and O–H groups in total. The molecule has 0 unspecified atom stereocenters. The Bertz CT molecular complexity index is 925. The van der Waals surface area contributed by atoms with Gasteiger partial charge >= 0.3 is 0 Å². The molecule has 134 valence electrons. The first kappa shape index (κ1) is 18.5. The number of nitrogens with one attached hydrogen (secondary N) is 1. The minimum absolute atomic E-state index is 0.102. The number of benzene rings is 2. The van der Waals surface area contributed by atoms with Gasteiger partial charge in [-0.05, 0) is 30.7 Å². The van der Waals surface area contributed by atoms with E-state index in [1.807, 2.05) is 48.5 Å². The Morgan fingerprint density at radius 3 is 2.73 bits per heavy atom. The number of thioether (sulfide) groups is 1. The lowest BCUT2D eigenvalue weighted by Gasteiger charge is -2.09. The smallest absolute Gasteiger partial charge is 0.221 e. The molecule has 0 fully saturated rings. The summed E-state index contributed by atoms with van der Waals surface area (Å²) >= 11 is 7.84. The molecule has 0 saturated carbocycles. The number of hydrogen-bond acceptors (Lipinski definition) is 4. The van der Waals surface area contributed by atoms with Crippen LogP contribution < -0.4 is 5.32 Å². The summed E-state index contributed by atoms with van der Waals surface area (Å²) in [5, 5.41) is 13.1. The average Bonchev–Trinajstić information content (AvgIpc) is 3.03. The highest BCUT2D eigenvalue weighted by Crippen LogP contribution is 2.29. The molecule has 0 aliphatic carbocycles. The van der Waals surface area contributed by atoms with Crippen molar-refractivity contribution in [1.29, 1.82) is 0 Å². The van der Waals surface area contributed by atoms with Crippen LogP contribution in [0.15, 0.2) is 53.7 Å². The maximum absolute atomic E-state index is 11.3. The second-order valence-corrected chi connectivity index (χ2v) is 7.04. The molecule has 0 saturated heterocycles. The first-order valence-corrected chi connectivity index (χ1v) is 9.62. The van der Waals surface area contributed by atoms with Crippen LogP contribution in [0.3, 0.4) is 0 Å². The van der Waals surface area contributed by atoms with Gasteiger partial charge in [0.05, 0.1) is 0 Å². The largest absolute Gasteiger partial charge is 0.326 e. The average molecular weight is 387 g/mol. The van der Waals surface area contributed by atoms with E-state index in [2.05, 4.69) is 27.0 Å². The molecule has 3 rings (SSSR count). The lowest BCUT2D eigenvalue weighted by molar-refractivity contribution is -0.114. The molecule has 3 aromatic rings. The maximum Gasteiger partial charge on any atom is 0.221 e. The Labute approximate surface area is 161 Å². The zero-order chi connectivity index (χ0) is 18.5. The third-order valence-electron chi connectivity index (χ3n) is 3.79. The van der Waals surface area contributed by atoms with E-state index in [0.717, 1.165) is 45.1 Å². The monoisotopic (exact) mass is 386 g/mol. The quantitative estimate of drug-likeness (QED) is 0.614. The van der Waals surface area contributed by atoms with Crippen molar-refractivity contribution < 1.29 is 4.79 Å². The number of anilines is 1. The van der Waals surface area contributed by atoms with Gasteiger partial charge in [0.25, 0.3) is 0 Å². The van der Waals surface area contributed by atoms with E-state index in [1.54, 1.807) is 11.8 Å². The molecule has 0 aliphatic heterocycles. The highest BCUT2D eigenvalue weighted by atomic mass is 35.5. The molecule has 7 heteroatoms. The zero-order valence-corrected chi connectivity index (χ0v) is 16.1. The number of carbonyl (C=O) groups excluding carboxylic acids is 1. The second kappa shape index (κ2) is 8.38. The molecular formula is C19H19ClN4OS. The van der Waals surface area contributed by atoms with Crippen LogP contribution in [-0.4, -0.2) is 20.7 Å². The Kier molecular flexibility index (Phi) is 5.96. The van der Waals surface area contributed by atoms with Gasteiger partial charge in [-0.2, -0.15) is 0 Å². The molecule has 0 spiro atoms. The van der Waals surface area contributed by atoms with Crippen molar-refractivity contribution in [1.82, 2.24) is 14.8 Å². The lowest BCUT2D eigenvalue weighted by atomic mass is 10.2. The van der Waals surface area contributed by atoms with Crippen LogP contribution >= 0.6 is 23.4 Å². The van der Waals surface area contributed by atoms with Crippen molar-refractivity contribution in [2.45, 2.75) is 31.3 Å². The van der Waals surface area contributed by atoms with Crippen molar-refractivity contribution in [3.05, 3.63) is 59.1 Å². The van der Waals surface area contributed by atoms with E-state index in [-0.39, 0.29) is 5.91 Å². The van der Waals surface area contributed by atoms with Crippen LogP contribution in [0.25, 0.3) is 11.4 Å². The van der Waals surface area contributed by atoms with Crippen LogP contribution in [0.5, 0.6) is 0 Å². The predicted octanol–water partition coefficient (Wildman–Crippen LogP) is 4.87. The second-order valence-electron chi connectivity index (χ2n) is 5.69. The topological polar surface area (TPSA) is 59.8 Å². The Morgan fingerprint density at radius 1 is 1.19 bits per heavy atom. The summed E-state index contributed by atoms with van der Waals surface area (Å²) in [7, 11) is 0. The van der Waals surface area contributed by atoms with Crippen molar-refractivity contribution in [2.24, 2.45) is 0 Å². The van der Waals surface area contributed by atoms with Gasteiger partial charge < -0.3 is 9.88 Å². The van der Waals surface area contributed by atoms with E-state index in [9.17, 15) is 4.79 Å². The first-order chi connectivity index (χ1) is 12.6. The normalized spacial score (nSPS) is 10.7. The molecule has 1 aromatic heterocycles.